The lowest BCUT2D eigenvalue weighted by molar-refractivity contribution is -0.139. The summed E-state index contributed by atoms with van der Waals surface area (Å²) in [6.45, 7) is 0.571. The van der Waals surface area contributed by atoms with Gasteiger partial charge in [-0.1, -0.05) is 30.3 Å². The number of unbranched alkanes of at least 4 members (excludes halogenated alkanes) is 2. The van der Waals surface area contributed by atoms with E-state index < -0.39 is 22.6 Å². The first kappa shape index (κ1) is 23.2. The van der Waals surface area contributed by atoms with Crippen molar-refractivity contribution in [2.45, 2.75) is 48.1 Å². The van der Waals surface area contributed by atoms with Crippen LogP contribution in [0.2, 0.25) is 0 Å². The molecule has 0 aliphatic carbocycles. The summed E-state index contributed by atoms with van der Waals surface area (Å²) in [5.41, 5.74) is 0.705. The highest BCUT2D eigenvalue weighted by atomic mass is 32.2. The molecule has 3 aliphatic rings. The molecule has 8 heteroatoms. The van der Waals surface area contributed by atoms with Crippen LogP contribution in [0.25, 0.3) is 10.8 Å². The molecule has 0 aromatic heterocycles. The number of carbonyl (C=O) groups excluding carboxylic acids is 3. The molecule has 2 bridgehead atoms. The Morgan fingerprint density at radius 1 is 1.12 bits per heavy atom. The van der Waals surface area contributed by atoms with Crippen LogP contribution in [0, 0.1) is 11.8 Å². The van der Waals surface area contributed by atoms with Crippen LogP contribution in [-0.2, 0) is 14.4 Å². The number of thioether (sulfide) groups is 1. The minimum Gasteiger partial charge on any atom is -0.396 e. The van der Waals surface area contributed by atoms with E-state index in [1.165, 1.54) is 0 Å². The van der Waals surface area contributed by atoms with Crippen molar-refractivity contribution in [3.8, 4) is 0 Å². The summed E-state index contributed by atoms with van der Waals surface area (Å²) >= 11 is 1.68. The fourth-order valence-corrected chi connectivity index (χ4v) is 8.43. The molecule has 5 atom stereocenters. The summed E-state index contributed by atoms with van der Waals surface area (Å²) in [6.07, 6.45) is 3.77. The van der Waals surface area contributed by atoms with Crippen LogP contribution in [-0.4, -0.2) is 64.0 Å². The molecule has 0 radical (unpaired) electrons. The molecule has 3 amide bonds. The van der Waals surface area contributed by atoms with Gasteiger partial charge in [0.05, 0.1) is 16.6 Å². The predicted molar refractivity (Wildman–Crippen MR) is 133 cm³/mol. The van der Waals surface area contributed by atoms with Crippen molar-refractivity contribution < 1.29 is 19.5 Å². The lowest BCUT2D eigenvalue weighted by Crippen LogP contribution is -2.51. The van der Waals surface area contributed by atoms with Gasteiger partial charge in [-0.3, -0.25) is 14.4 Å². The SMILES string of the molecule is CNC(=O)[C@@H]1[C@@H]2CCC3(S2)C(C(=O)Nc2ccc4ccccc4c2)N(CCCCCO)C(=O)[C@H]13. The number of benzene rings is 2. The summed E-state index contributed by atoms with van der Waals surface area (Å²) in [6, 6.07) is 13.2. The summed E-state index contributed by atoms with van der Waals surface area (Å²) in [5.74, 6) is -1.23. The van der Waals surface area contributed by atoms with E-state index in [9.17, 15) is 14.4 Å². The van der Waals surface area contributed by atoms with Crippen molar-refractivity contribution in [2.24, 2.45) is 11.8 Å². The number of nitrogens with zero attached hydrogens (tertiary/aromatic N) is 1. The number of amides is 3. The first-order chi connectivity index (χ1) is 16.5. The number of fused-ring (bicyclic) bond motifs is 2. The quantitative estimate of drug-likeness (QED) is 0.504. The minimum atomic E-state index is -0.616. The third-order valence-electron chi connectivity index (χ3n) is 7.67. The van der Waals surface area contributed by atoms with Crippen LogP contribution in [0.5, 0.6) is 0 Å². The molecule has 3 fully saturated rings. The lowest BCUT2D eigenvalue weighted by Gasteiger charge is -2.34. The zero-order chi connectivity index (χ0) is 23.9. The van der Waals surface area contributed by atoms with E-state index in [1.807, 2.05) is 42.5 Å². The van der Waals surface area contributed by atoms with Gasteiger partial charge in [-0.15, -0.1) is 11.8 Å². The second kappa shape index (κ2) is 9.23. The van der Waals surface area contributed by atoms with Crippen LogP contribution in [0.1, 0.15) is 32.1 Å². The van der Waals surface area contributed by atoms with Crippen molar-refractivity contribution in [3.63, 3.8) is 0 Å². The maximum absolute atomic E-state index is 13.8. The average Bonchev–Trinajstić information content (AvgIpc) is 3.48. The van der Waals surface area contributed by atoms with Gasteiger partial charge in [0.2, 0.25) is 17.7 Å². The number of aliphatic hydroxyl groups is 1. The van der Waals surface area contributed by atoms with Gasteiger partial charge in [-0.2, -0.15) is 0 Å². The van der Waals surface area contributed by atoms with Crippen molar-refractivity contribution in [1.82, 2.24) is 10.2 Å². The molecular formula is C26H31N3O4S. The van der Waals surface area contributed by atoms with Crippen LogP contribution < -0.4 is 10.6 Å². The van der Waals surface area contributed by atoms with Crippen LogP contribution >= 0.6 is 11.8 Å². The highest BCUT2D eigenvalue weighted by molar-refractivity contribution is 8.02. The second-order valence-electron chi connectivity index (χ2n) is 9.54. The third-order valence-corrected chi connectivity index (χ3v) is 9.62. The van der Waals surface area contributed by atoms with E-state index in [2.05, 4.69) is 10.6 Å². The molecule has 180 valence electrons. The zero-order valence-corrected chi connectivity index (χ0v) is 20.1. The van der Waals surface area contributed by atoms with Gasteiger partial charge in [0, 0.05) is 31.1 Å². The number of rotatable bonds is 8. The van der Waals surface area contributed by atoms with Gasteiger partial charge in [0.15, 0.2) is 0 Å². The summed E-state index contributed by atoms with van der Waals surface area (Å²) in [5, 5.41) is 17.2. The number of anilines is 1. The predicted octanol–water partition coefficient (Wildman–Crippen LogP) is 2.78. The molecule has 3 aliphatic heterocycles. The first-order valence-corrected chi connectivity index (χ1v) is 13.0. The Morgan fingerprint density at radius 2 is 1.91 bits per heavy atom. The molecule has 7 nitrogen and oxygen atoms in total. The number of hydrogen-bond acceptors (Lipinski definition) is 5. The van der Waals surface area contributed by atoms with Crippen molar-refractivity contribution in [2.75, 3.05) is 25.5 Å². The topological polar surface area (TPSA) is 98.7 Å². The highest BCUT2D eigenvalue weighted by Crippen LogP contribution is 2.66. The van der Waals surface area contributed by atoms with Gasteiger partial charge in [0.25, 0.3) is 0 Å². The largest absolute Gasteiger partial charge is 0.396 e. The fraction of sp³-hybridized carbons (Fsp3) is 0.500. The summed E-state index contributed by atoms with van der Waals surface area (Å²) in [4.78, 5) is 42.0. The number of hydrogen-bond donors (Lipinski definition) is 3. The number of likely N-dealkylation sites (tertiary alicyclic amines) is 1. The lowest BCUT2D eigenvalue weighted by atomic mass is 9.71. The molecule has 1 spiro atoms. The van der Waals surface area contributed by atoms with Crippen molar-refractivity contribution >= 4 is 45.9 Å². The molecule has 2 aromatic carbocycles. The standard InChI is InChI=1S/C26H31N3O4S/c1-27-23(31)20-19-11-12-26(34-19)21(20)25(33)29(13-5-2-6-14-30)22(26)24(32)28-18-10-9-16-7-3-4-8-17(16)15-18/h3-4,7-10,15,19-22,30H,2,5-6,11-14H2,1H3,(H,27,31)(H,28,32)/t19-,20+,21-,22?,26?/m0/s1. The van der Waals surface area contributed by atoms with Gasteiger partial charge < -0.3 is 20.6 Å². The molecule has 3 N–H and O–H groups in total. The van der Waals surface area contributed by atoms with Crippen LogP contribution in [0.4, 0.5) is 5.69 Å². The number of aliphatic hydroxyl groups excluding tert-OH is 1. The highest BCUT2D eigenvalue weighted by Gasteiger charge is 2.73. The molecule has 3 saturated heterocycles. The van der Waals surface area contributed by atoms with E-state index in [4.69, 9.17) is 5.11 Å². The Morgan fingerprint density at radius 3 is 2.68 bits per heavy atom. The molecule has 2 aromatic rings. The van der Waals surface area contributed by atoms with E-state index in [0.29, 0.717) is 25.1 Å². The van der Waals surface area contributed by atoms with Crippen molar-refractivity contribution in [1.29, 1.82) is 0 Å². The summed E-state index contributed by atoms with van der Waals surface area (Å²) in [7, 11) is 1.61. The van der Waals surface area contributed by atoms with Crippen molar-refractivity contribution in [3.05, 3.63) is 42.5 Å². The maximum Gasteiger partial charge on any atom is 0.248 e. The normalized spacial score (nSPS) is 29.5. The maximum atomic E-state index is 13.8. The van der Waals surface area contributed by atoms with Gasteiger partial charge in [0.1, 0.15) is 6.04 Å². The number of nitrogens with one attached hydrogen (secondary N) is 2. The minimum absolute atomic E-state index is 0.0707. The Labute approximate surface area is 203 Å². The second-order valence-corrected chi connectivity index (χ2v) is 11.1. The van der Waals surface area contributed by atoms with E-state index in [-0.39, 0.29) is 29.6 Å². The molecule has 5 rings (SSSR count). The van der Waals surface area contributed by atoms with Gasteiger partial charge in [-0.25, -0.2) is 0 Å². The van der Waals surface area contributed by atoms with E-state index in [1.54, 1.807) is 23.7 Å². The Balaban J connectivity index is 1.45. The third kappa shape index (κ3) is 3.67. The smallest absolute Gasteiger partial charge is 0.248 e. The van der Waals surface area contributed by atoms with Gasteiger partial charge in [-0.05, 0) is 55.0 Å². The van der Waals surface area contributed by atoms with E-state index >= 15 is 0 Å². The fourth-order valence-electron chi connectivity index (χ4n) is 6.21. The Kier molecular flexibility index (Phi) is 6.29. The zero-order valence-electron chi connectivity index (χ0n) is 19.3. The van der Waals surface area contributed by atoms with Crippen LogP contribution in [0.3, 0.4) is 0 Å². The van der Waals surface area contributed by atoms with E-state index in [0.717, 1.165) is 30.0 Å². The Bertz CT molecular complexity index is 1120. The first-order valence-electron chi connectivity index (χ1n) is 12.1. The number of carbonyl (C=O) groups is 3. The average molecular weight is 482 g/mol. The molecular weight excluding hydrogens is 450 g/mol. The molecule has 0 saturated carbocycles. The Hall–Kier alpha value is -2.58. The molecule has 3 heterocycles. The van der Waals surface area contributed by atoms with Gasteiger partial charge >= 0.3 is 0 Å². The molecule has 34 heavy (non-hydrogen) atoms. The molecule has 2 unspecified atom stereocenters. The monoisotopic (exact) mass is 481 g/mol. The summed E-state index contributed by atoms with van der Waals surface area (Å²) < 4.78 is -0.573. The van der Waals surface area contributed by atoms with Crippen LogP contribution in [0.15, 0.2) is 42.5 Å².